The molecule has 1 aromatic heterocycles. The van der Waals surface area contributed by atoms with Crippen molar-refractivity contribution < 1.29 is 9.90 Å². The molecule has 1 aromatic rings. The van der Waals surface area contributed by atoms with E-state index in [0.717, 1.165) is 18.9 Å². The molecule has 1 aliphatic rings. The topological polar surface area (TPSA) is 56.7 Å². The number of amides is 1. The Kier molecular flexibility index (Phi) is 5.35. The van der Waals surface area contributed by atoms with Gasteiger partial charge in [0.1, 0.15) is 5.82 Å². The van der Waals surface area contributed by atoms with Gasteiger partial charge in [0.2, 0.25) is 0 Å². The summed E-state index contributed by atoms with van der Waals surface area (Å²) in [6.45, 7) is 2.35. The van der Waals surface area contributed by atoms with E-state index in [9.17, 15) is 4.79 Å². The number of hydrogen-bond acceptors (Lipinski definition) is 4. The molecule has 0 bridgehead atoms. The van der Waals surface area contributed by atoms with Crippen LogP contribution >= 0.6 is 0 Å². The third kappa shape index (κ3) is 3.70. The third-order valence-corrected chi connectivity index (χ3v) is 3.70. The lowest BCUT2D eigenvalue weighted by molar-refractivity contribution is 0.0767. The highest BCUT2D eigenvalue weighted by atomic mass is 16.3. The van der Waals surface area contributed by atoms with Crippen LogP contribution in [-0.2, 0) is 0 Å². The molecule has 0 radical (unpaired) electrons. The molecule has 110 valence electrons. The summed E-state index contributed by atoms with van der Waals surface area (Å²) in [6, 6.07) is 3.60. The van der Waals surface area contributed by atoms with E-state index >= 15 is 0 Å². The summed E-state index contributed by atoms with van der Waals surface area (Å²) in [5, 5.41) is 8.91. The second-order valence-corrected chi connectivity index (χ2v) is 5.25. The molecule has 1 saturated heterocycles. The average molecular weight is 277 g/mol. The fourth-order valence-electron chi connectivity index (χ4n) is 2.50. The number of pyridine rings is 1. The van der Waals surface area contributed by atoms with E-state index in [2.05, 4.69) is 9.88 Å². The number of aromatic nitrogens is 1. The van der Waals surface area contributed by atoms with E-state index in [0.29, 0.717) is 12.1 Å². The highest BCUT2D eigenvalue weighted by Crippen LogP contribution is 2.18. The summed E-state index contributed by atoms with van der Waals surface area (Å²) < 4.78 is 0. The highest BCUT2D eigenvalue weighted by Gasteiger charge is 2.15. The standard InChI is InChI=1S/C15H23N3O2/c1-17(10-11-19)15(20)13-6-7-16-14(12-13)18-8-4-2-3-5-9-18/h6-7,12,19H,2-5,8-11H2,1H3. The molecule has 0 saturated carbocycles. The monoisotopic (exact) mass is 277 g/mol. The zero-order valence-electron chi connectivity index (χ0n) is 12.1. The lowest BCUT2D eigenvalue weighted by Gasteiger charge is -2.22. The first kappa shape index (κ1) is 14.8. The molecule has 5 nitrogen and oxygen atoms in total. The van der Waals surface area contributed by atoms with Crippen LogP contribution in [0.15, 0.2) is 18.3 Å². The number of aliphatic hydroxyl groups is 1. The Morgan fingerprint density at radius 2 is 2.05 bits per heavy atom. The lowest BCUT2D eigenvalue weighted by Crippen LogP contribution is -2.30. The molecule has 0 atom stereocenters. The number of aliphatic hydroxyl groups excluding tert-OH is 1. The molecule has 2 heterocycles. The van der Waals surface area contributed by atoms with Crippen molar-refractivity contribution in [1.82, 2.24) is 9.88 Å². The minimum Gasteiger partial charge on any atom is -0.395 e. The van der Waals surface area contributed by atoms with Crippen LogP contribution in [0.3, 0.4) is 0 Å². The summed E-state index contributed by atoms with van der Waals surface area (Å²) in [5.74, 6) is 0.813. The maximum absolute atomic E-state index is 12.2. The van der Waals surface area contributed by atoms with Gasteiger partial charge in [-0.05, 0) is 25.0 Å². The van der Waals surface area contributed by atoms with Crippen LogP contribution in [0, 0.1) is 0 Å². The average Bonchev–Trinajstić information content (AvgIpc) is 2.76. The second kappa shape index (κ2) is 7.24. The van der Waals surface area contributed by atoms with Crippen LogP contribution in [0.5, 0.6) is 0 Å². The first-order valence-corrected chi connectivity index (χ1v) is 7.29. The Balaban J connectivity index is 2.12. The van der Waals surface area contributed by atoms with E-state index in [4.69, 9.17) is 5.11 Å². The van der Waals surface area contributed by atoms with Gasteiger partial charge in [0.25, 0.3) is 5.91 Å². The molecule has 0 unspecified atom stereocenters. The first-order valence-electron chi connectivity index (χ1n) is 7.29. The summed E-state index contributed by atoms with van der Waals surface area (Å²) in [5.41, 5.74) is 0.634. The fourth-order valence-corrected chi connectivity index (χ4v) is 2.50. The number of likely N-dealkylation sites (N-methyl/N-ethyl adjacent to an activating group) is 1. The molecular formula is C15H23N3O2. The van der Waals surface area contributed by atoms with Gasteiger partial charge in [0, 0.05) is 38.4 Å². The number of anilines is 1. The quantitative estimate of drug-likeness (QED) is 0.906. The number of rotatable bonds is 4. The van der Waals surface area contributed by atoms with Crippen molar-refractivity contribution in [3.63, 3.8) is 0 Å². The first-order chi connectivity index (χ1) is 9.72. The summed E-state index contributed by atoms with van der Waals surface area (Å²) in [7, 11) is 1.70. The van der Waals surface area contributed by atoms with E-state index in [-0.39, 0.29) is 12.5 Å². The van der Waals surface area contributed by atoms with Gasteiger partial charge in [-0.2, -0.15) is 0 Å². The molecule has 0 aromatic carbocycles. The van der Waals surface area contributed by atoms with E-state index < -0.39 is 0 Å². The van der Waals surface area contributed by atoms with Crippen molar-refractivity contribution >= 4 is 11.7 Å². The van der Waals surface area contributed by atoms with Crippen molar-refractivity contribution in [1.29, 1.82) is 0 Å². The van der Waals surface area contributed by atoms with E-state index in [1.807, 2.05) is 6.07 Å². The van der Waals surface area contributed by atoms with Crippen molar-refractivity contribution in [3.8, 4) is 0 Å². The summed E-state index contributed by atoms with van der Waals surface area (Å²) >= 11 is 0. The Labute approximate surface area is 120 Å². The Hall–Kier alpha value is -1.62. The smallest absolute Gasteiger partial charge is 0.253 e. The van der Waals surface area contributed by atoms with Crippen LogP contribution in [0.1, 0.15) is 36.0 Å². The van der Waals surface area contributed by atoms with Gasteiger partial charge in [-0.1, -0.05) is 12.8 Å². The lowest BCUT2D eigenvalue weighted by atomic mass is 10.2. The van der Waals surface area contributed by atoms with Crippen LogP contribution < -0.4 is 4.90 Å². The van der Waals surface area contributed by atoms with Crippen molar-refractivity contribution in [2.75, 3.05) is 38.2 Å². The molecular weight excluding hydrogens is 254 g/mol. The van der Waals surface area contributed by atoms with E-state index in [1.165, 1.54) is 30.6 Å². The minimum absolute atomic E-state index is 0.0215. The summed E-state index contributed by atoms with van der Waals surface area (Å²) in [4.78, 5) is 20.4. The minimum atomic E-state index is -0.0717. The maximum Gasteiger partial charge on any atom is 0.253 e. The fraction of sp³-hybridized carbons (Fsp3) is 0.600. The van der Waals surface area contributed by atoms with Gasteiger partial charge in [-0.3, -0.25) is 4.79 Å². The molecule has 2 rings (SSSR count). The Morgan fingerprint density at radius 1 is 1.35 bits per heavy atom. The number of carbonyl (C=O) groups excluding carboxylic acids is 1. The van der Waals surface area contributed by atoms with E-state index in [1.54, 1.807) is 19.3 Å². The number of hydrogen-bond donors (Lipinski definition) is 1. The number of nitrogens with zero attached hydrogens (tertiary/aromatic N) is 3. The van der Waals surface area contributed by atoms with Crippen molar-refractivity contribution in [2.45, 2.75) is 25.7 Å². The Bertz CT molecular complexity index is 442. The predicted octanol–water partition coefficient (Wildman–Crippen LogP) is 1.53. The predicted molar refractivity (Wildman–Crippen MR) is 79.0 cm³/mol. The normalized spacial score (nSPS) is 15.8. The highest BCUT2D eigenvalue weighted by molar-refractivity contribution is 5.94. The molecule has 1 amide bonds. The van der Waals surface area contributed by atoms with Crippen LogP contribution in [0.2, 0.25) is 0 Å². The molecule has 1 N–H and O–H groups in total. The van der Waals surface area contributed by atoms with Gasteiger partial charge in [-0.25, -0.2) is 4.98 Å². The van der Waals surface area contributed by atoms with Crippen LogP contribution in [0.25, 0.3) is 0 Å². The Morgan fingerprint density at radius 3 is 2.70 bits per heavy atom. The third-order valence-electron chi connectivity index (χ3n) is 3.70. The zero-order valence-corrected chi connectivity index (χ0v) is 12.1. The molecule has 1 fully saturated rings. The van der Waals surface area contributed by atoms with Crippen molar-refractivity contribution in [2.24, 2.45) is 0 Å². The van der Waals surface area contributed by atoms with Gasteiger partial charge in [0.05, 0.1) is 6.61 Å². The van der Waals surface area contributed by atoms with Gasteiger partial charge in [-0.15, -0.1) is 0 Å². The van der Waals surface area contributed by atoms with Gasteiger partial charge >= 0.3 is 0 Å². The molecule has 0 aliphatic carbocycles. The molecule has 0 spiro atoms. The zero-order chi connectivity index (χ0) is 14.4. The molecule has 1 aliphatic heterocycles. The van der Waals surface area contributed by atoms with Crippen LogP contribution in [0.4, 0.5) is 5.82 Å². The van der Waals surface area contributed by atoms with Gasteiger partial charge in [0.15, 0.2) is 0 Å². The second-order valence-electron chi connectivity index (χ2n) is 5.25. The SMILES string of the molecule is CN(CCO)C(=O)c1ccnc(N2CCCCCC2)c1. The van der Waals surface area contributed by atoms with Crippen LogP contribution in [-0.4, -0.2) is 54.2 Å². The number of carbonyl (C=O) groups is 1. The van der Waals surface area contributed by atoms with Crippen molar-refractivity contribution in [3.05, 3.63) is 23.9 Å². The van der Waals surface area contributed by atoms with Gasteiger partial charge < -0.3 is 14.9 Å². The summed E-state index contributed by atoms with van der Waals surface area (Å²) in [6.07, 6.45) is 6.61. The largest absolute Gasteiger partial charge is 0.395 e. The maximum atomic E-state index is 12.2. The molecule has 20 heavy (non-hydrogen) atoms. The molecule has 5 heteroatoms.